The highest BCUT2D eigenvalue weighted by molar-refractivity contribution is 7.96. The van der Waals surface area contributed by atoms with Crippen LogP contribution < -0.4 is 4.72 Å². The largest absolute Gasteiger partial charge is 0.496 e. The monoisotopic (exact) mass is 435 g/mol. The van der Waals surface area contributed by atoms with Gasteiger partial charge < -0.3 is 9.84 Å². The summed E-state index contributed by atoms with van der Waals surface area (Å²) in [6, 6.07) is 9.89. The van der Waals surface area contributed by atoms with E-state index in [-0.39, 0.29) is 17.7 Å². The summed E-state index contributed by atoms with van der Waals surface area (Å²) < 4.78 is 61.8. The molecule has 0 saturated carbocycles. The van der Waals surface area contributed by atoms with Gasteiger partial charge in [-0.05, 0) is 37.1 Å². The number of allylic oxidation sites excluding steroid dienone is 1. The Morgan fingerprint density at radius 3 is 2.43 bits per heavy atom. The van der Waals surface area contributed by atoms with Gasteiger partial charge in [-0.15, -0.1) is 0 Å². The number of ether oxygens (including phenoxy) is 1. The van der Waals surface area contributed by atoms with Crippen LogP contribution >= 0.6 is 0 Å². The van der Waals surface area contributed by atoms with Gasteiger partial charge >= 0.3 is 5.97 Å². The lowest BCUT2D eigenvalue weighted by atomic mass is 9.83. The summed E-state index contributed by atoms with van der Waals surface area (Å²) in [5.74, 6) is -3.25. The second-order valence-electron chi connectivity index (χ2n) is 6.99. The molecule has 0 fully saturated rings. The van der Waals surface area contributed by atoms with Crippen LogP contribution in [0.4, 0.5) is 14.5 Å². The highest BCUT2D eigenvalue weighted by Gasteiger charge is 2.38. The van der Waals surface area contributed by atoms with E-state index in [1.807, 2.05) is 0 Å². The summed E-state index contributed by atoms with van der Waals surface area (Å²) in [5.41, 5.74) is -1.52. The number of carbonyl (C=O) groups is 1. The minimum atomic E-state index is -4.44. The number of halogens is 2. The van der Waals surface area contributed by atoms with E-state index in [1.165, 1.54) is 20.1 Å². The minimum absolute atomic E-state index is 0.00482. The fourth-order valence-corrected chi connectivity index (χ4v) is 4.44. The molecule has 0 aliphatic heterocycles. The molecule has 0 heterocycles. The number of methoxy groups -OCH3 is 1. The van der Waals surface area contributed by atoms with Crippen molar-refractivity contribution in [2.45, 2.75) is 13.3 Å². The van der Waals surface area contributed by atoms with Crippen molar-refractivity contribution in [3.05, 3.63) is 76.9 Å². The number of benzene rings is 2. The van der Waals surface area contributed by atoms with Gasteiger partial charge in [0.25, 0.3) is 10.0 Å². The zero-order chi connectivity index (χ0) is 22.1. The standard InChI is InChI=1S/C21H19F2NO5S/c1-21(20(25)26)9-8-18(29-2)19(12-21)30(27,28)24-17-10-14(15(22)11-16(17)23)13-6-4-3-5-7-13/h3-8,10-12,24H,9H2,1-2H3,(H,25,26). The highest BCUT2D eigenvalue weighted by atomic mass is 32.2. The second-order valence-corrected chi connectivity index (χ2v) is 8.64. The van der Waals surface area contributed by atoms with Crippen molar-refractivity contribution < 1.29 is 31.8 Å². The maximum Gasteiger partial charge on any atom is 0.313 e. The molecule has 1 aliphatic carbocycles. The smallest absolute Gasteiger partial charge is 0.313 e. The van der Waals surface area contributed by atoms with Crippen molar-refractivity contribution in [2.24, 2.45) is 5.41 Å². The molecule has 30 heavy (non-hydrogen) atoms. The first kappa shape index (κ1) is 21.5. The van der Waals surface area contributed by atoms with E-state index in [9.17, 15) is 27.1 Å². The van der Waals surface area contributed by atoms with E-state index < -0.39 is 43.6 Å². The molecule has 0 radical (unpaired) electrons. The Morgan fingerprint density at radius 1 is 1.17 bits per heavy atom. The van der Waals surface area contributed by atoms with Crippen LogP contribution in [0.5, 0.6) is 0 Å². The van der Waals surface area contributed by atoms with Crippen molar-refractivity contribution in [3.63, 3.8) is 0 Å². The number of rotatable bonds is 6. The van der Waals surface area contributed by atoms with E-state index in [4.69, 9.17) is 4.74 Å². The Kier molecular flexibility index (Phi) is 5.67. The summed E-state index contributed by atoms with van der Waals surface area (Å²) in [4.78, 5) is 11.1. The first-order chi connectivity index (χ1) is 14.1. The molecule has 9 heteroatoms. The fourth-order valence-electron chi connectivity index (χ4n) is 3.03. The van der Waals surface area contributed by atoms with Crippen LogP contribution in [0.15, 0.2) is 65.3 Å². The molecule has 0 spiro atoms. The van der Waals surface area contributed by atoms with Crippen molar-refractivity contribution in [2.75, 3.05) is 11.8 Å². The van der Waals surface area contributed by atoms with Crippen molar-refractivity contribution >= 4 is 21.7 Å². The lowest BCUT2D eigenvalue weighted by molar-refractivity contribution is -0.145. The molecule has 2 aromatic carbocycles. The normalized spacial score (nSPS) is 18.9. The van der Waals surface area contributed by atoms with Crippen molar-refractivity contribution in [3.8, 4) is 11.1 Å². The lowest BCUT2D eigenvalue weighted by Gasteiger charge is -2.26. The third-order valence-electron chi connectivity index (χ3n) is 4.79. The summed E-state index contributed by atoms with van der Waals surface area (Å²) in [6.45, 7) is 1.36. The summed E-state index contributed by atoms with van der Waals surface area (Å²) in [5, 5.41) is 9.44. The Balaban J connectivity index is 2.06. The molecule has 3 rings (SSSR count). The van der Waals surface area contributed by atoms with E-state index in [0.29, 0.717) is 11.6 Å². The second kappa shape index (κ2) is 7.91. The zero-order valence-corrected chi connectivity index (χ0v) is 17.0. The SMILES string of the molecule is COC1=CCC(C)(C(=O)O)C=C1S(=O)(=O)Nc1cc(-c2ccccc2)c(F)cc1F. The molecule has 6 nitrogen and oxygen atoms in total. The number of nitrogens with one attached hydrogen (secondary N) is 1. The topological polar surface area (TPSA) is 92.7 Å². The van der Waals surface area contributed by atoms with E-state index >= 15 is 0 Å². The molecular formula is C21H19F2NO5S. The van der Waals surface area contributed by atoms with Gasteiger partial charge in [0.1, 0.15) is 22.3 Å². The molecule has 1 unspecified atom stereocenters. The van der Waals surface area contributed by atoms with Crippen molar-refractivity contribution in [1.29, 1.82) is 0 Å². The lowest BCUT2D eigenvalue weighted by Crippen LogP contribution is -2.30. The summed E-state index contributed by atoms with van der Waals surface area (Å²) in [7, 11) is -3.20. The van der Waals surface area contributed by atoms with Gasteiger partial charge in [0.05, 0.1) is 18.2 Å². The number of hydrogen-bond donors (Lipinski definition) is 2. The molecular weight excluding hydrogens is 416 g/mol. The van der Waals surface area contributed by atoms with Gasteiger partial charge in [-0.2, -0.15) is 0 Å². The minimum Gasteiger partial charge on any atom is -0.496 e. The molecule has 0 aromatic heterocycles. The third-order valence-corrected chi connectivity index (χ3v) is 6.17. The number of sulfonamides is 1. The molecule has 0 amide bonds. The van der Waals surface area contributed by atoms with Crippen LogP contribution in [-0.2, 0) is 19.6 Å². The first-order valence-electron chi connectivity index (χ1n) is 8.85. The maximum absolute atomic E-state index is 14.4. The average molecular weight is 435 g/mol. The summed E-state index contributed by atoms with van der Waals surface area (Å²) in [6.07, 6.45) is 2.42. The Labute approximate surface area is 172 Å². The highest BCUT2D eigenvalue weighted by Crippen LogP contribution is 2.37. The van der Waals surface area contributed by atoms with Gasteiger partial charge in [-0.25, -0.2) is 17.2 Å². The van der Waals surface area contributed by atoms with Crippen LogP contribution in [-0.4, -0.2) is 26.6 Å². The molecule has 158 valence electrons. The molecule has 2 aromatic rings. The number of carboxylic acids is 1. The van der Waals surface area contributed by atoms with Gasteiger partial charge in [0.15, 0.2) is 0 Å². The Bertz CT molecular complexity index is 1160. The van der Waals surface area contributed by atoms with Crippen LogP contribution in [0.25, 0.3) is 11.1 Å². The van der Waals surface area contributed by atoms with Gasteiger partial charge in [-0.3, -0.25) is 9.52 Å². The van der Waals surface area contributed by atoms with E-state index in [1.54, 1.807) is 30.3 Å². The van der Waals surface area contributed by atoms with Crippen LogP contribution in [0.2, 0.25) is 0 Å². The number of carboxylic acid groups (broad SMARTS) is 1. The third kappa shape index (κ3) is 4.06. The Morgan fingerprint density at radius 2 is 1.83 bits per heavy atom. The van der Waals surface area contributed by atoms with Gasteiger partial charge in [0.2, 0.25) is 0 Å². The predicted molar refractivity (Wildman–Crippen MR) is 108 cm³/mol. The van der Waals surface area contributed by atoms with Gasteiger partial charge in [-0.1, -0.05) is 30.3 Å². The van der Waals surface area contributed by atoms with Crippen LogP contribution in [0.3, 0.4) is 0 Å². The van der Waals surface area contributed by atoms with Crippen LogP contribution in [0.1, 0.15) is 13.3 Å². The van der Waals surface area contributed by atoms with Crippen LogP contribution in [0, 0.1) is 17.0 Å². The number of hydrogen-bond acceptors (Lipinski definition) is 4. The molecule has 1 aliphatic rings. The fraction of sp³-hybridized carbons (Fsp3) is 0.190. The van der Waals surface area contributed by atoms with E-state index in [0.717, 1.165) is 12.1 Å². The quantitative estimate of drug-likeness (QED) is 0.707. The first-order valence-corrected chi connectivity index (χ1v) is 10.3. The number of anilines is 1. The molecule has 2 N–H and O–H groups in total. The zero-order valence-electron chi connectivity index (χ0n) is 16.1. The summed E-state index contributed by atoms with van der Waals surface area (Å²) >= 11 is 0. The molecule has 1 atom stereocenters. The Hall–Kier alpha value is -3.20. The average Bonchev–Trinajstić information content (AvgIpc) is 2.70. The molecule has 0 saturated heterocycles. The van der Waals surface area contributed by atoms with E-state index in [2.05, 4.69) is 4.72 Å². The van der Waals surface area contributed by atoms with Gasteiger partial charge in [0, 0.05) is 11.6 Å². The number of aliphatic carboxylic acids is 1. The molecule has 0 bridgehead atoms. The predicted octanol–water partition coefficient (Wildman–Crippen LogP) is 4.28. The van der Waals surface area contributed by atoms with Crippen molar-refractivity contribution in [1.82, 2.24) is 0 Å². The maximum atomic E-state index is 14.4.